The molecule has 0 saturated heterocycles. The van der Waals surface area contributed by atoms with Crippen molar-refractivity contribution in [1.29, 1.82) is 0 Å². The fourth-order valence-electron chi connectivity index (χ4n) is 0.850. The Morgan fingerprint density at radius 3 is 2.42 bits per heavy atom. The summed E-state index contributed by atoms with van der Waals surface area (Å²) in [5.41, 5.74) is -0.0965. The predicted molar refractivity (Wildman–Crippen MR) is 48.0 cm³/mol. The van der Waals surface area contributed by atoms with Crippen molar-refractivity contribution in [2.75, 3.05) is 0 Å². The van der Waals surface area contributed by atoms with Crippen LogP contribution in [-0.2, 0) is 11.3 Å². The summed E-state index contributed by atoms with van der Waals surface area (Å²) in [7, 11) is 0. The van der Waals surface area contributed by atoms with Crippen LogP contribution in [-0.4, -0.2) is 5.60 Å². The molecule has 0 aromatic carbocycles. The molecule has 12 heavy (non-hydrogen) atoms. The van der Waals surface area contributed by atoms with Gasteiger partial charge >= 0.3 is 0 Å². The highest BCUT2D eigenvalue weighted by molar-refractivity contribution is 5.04. The van der Waals surface area contributed by atoms with Gasteiger partial charge in [0.2, 0.25) is 0 Å². The van der Waals surface area contributed by atoms with Crippen LogP contribution in [0.3, 0.4) is 0 Å². The maximum Gasteiger partial charge on any atom is 0.129 e. The van der Waals surface area contributed by atoms with Crippen LogP contribution in [0.15, 0.2) is 16.5 Å². The summed E-state index contributed by atoms with van der Waals surface area (Å²) in [6.45, 7) is 8.58. The quantitative estimate of drug-likeness (QED) is 0.677. The summed E-state index contributed by atoms with van der Waals surface area (Å²) in [5, 5.41) is 0. The Hall–Kier alpha value is -0.760. The van der Waals surface area contributed by atoms with E-state index in [9.17, 15) is 0 Å². The zero-order valence-electron chi connectivity index (χ0n) is 8.18. The SMILES string of the molecule is Cc1ccc(COC(C)(C)C)o1. The van der Waals surface area contributed by atoms with Gasteiger partial charge in [-0.25, -0.2) is 0 Å². The second-order valence-electron chi connectivity index (χ2n) is 3.91. The zero-order chi connectivity index (χ0) is 9.19. The van der Waals surface area contributed by atoms with E-state index in [2.05, 4.69) is 0 Å². The van der Waals surface area contributed by atoms with Crippen molar-refractivity contribution in [2.45, 2.75) is 39.9 Å². The second-order valence-corrected chi connectivity index (χ2v) is 3.91. The third kappa shape index (κ3) is 3.09. The predicted octanol–water partition coefficient (Wildman–Crippen LogP) is 2.90. The van der Waals surface area contributed by atoms with Gasteiger partial charge in [-0.05, 0) is 39.8 Å². The highest BCUT2D eigenvalue weighted by Crippen LogP contribution is 2.13. The fourth-order valence-corrected chi connectivity index (χ4v) is 0.850. The van der Waals surface area contributed by atoms with Crippen molar-refractivity contribution in [2.24, 2.45) is 0 Å². The van der Waals surface area contributed by atoms with E-state index in [1.165, 1.54) is 0 Å². The molecule has 0 aliphatic heterocycles. The van der Waals surface area contributed by atoms with Gasteiger partial charge in [-0.2, -0.15) is 0 Å². The Bertz CT molecular complexity index is 243. The lowest BCUT2D eigenvalue weighted by atomic mass is 10.2. The van der Waals surface area contributed by atoms with E-state index in [1.807, 2.05) is 39.8 Å². The monoisotopic (exact) mass is 168 g/mol. The van der Waals surface area contributed by atoms with Crippen LogP contribution < -0.4 is 0 Å². The summed E-state index contributed by atoms with van der Waals surface area (Å²) < 4.78 is 10.9. The Kier molecular flexibility index (Phi) is 2.58. The van der Waals surface area contributed by atoms with Gasteiger partial charge in [-0.3, -0.25) is 0 Å². The van der Waals surface area contributed by atoms with Crippen molar-refractivity contribution in [3.63, 3.8) is 0 Å². The largest absolute Gasteiger partial charge is 0.464 e. The van der Waals surface area contributed by atoms with Crippen molar-refractivity contribution in [3.05, 3.63) is 23.7 Å². The first-order chi connectivity index (χ1) is 5.47. The molecule has 0 bridgehead atoms. The summed E-state index contributed by atoms with van der Waals surface area (Å²) >= 11 is 0. The molecule has 0 unspecified atom stereocenters. The molecule has 1 aromatic heterocycles. The minimum absolute atomic E-state index is 0.0965. The number of ether oxygens (including phenoxy) is 1. The average Bonchev–Trinajstić information content (AvgIpc) is 2.30. The number of furan rings is 1. The lowest BCUT2D eigenvalue weighted by Crippen LogP contribution is -2.18. The zero-order valence-corrected chi connectivity index (χ0v) is 8.18. The molecule has 1 aromatic rings. The molecule has 0 atom stereocenters. The first-order valence-electron chi connectivity index (χ1n) is 4.17. The van der Waals surface area contributed by atoms with Gasteiger partial charge in [0.05, 0.1) is 5.60 Å². The minimum atomic E-state index is -0.0965. The van der Waals surface area contributed by atoms with Crippen LogP contribution in [0.2, 0.25) is 0 Å². The average molecular weight is 168 g/mol. The van der Waals surface area contributed by atoms with Gasteiger partial charge < -0.3 is 9.15 Å². The van der Waals surface area contributed by atoms with Gasteiger partial charge in [-0.15, -0.1) is 0 Å². The molecule has 0 radical (unpaired) electrons. The molecule has 1 heterocycles. The maximum absolute atomic E-state index is 5.53. The number of aryl methyl sites for hydroxylation is 1. The topological polar surface area (TPSA) is 22.4 Å². The first kappa shape index (κ1) is 9.33. The normalized spacial score (nSPS) is 12.0. The molecule has 1 rings (SSSR count). The van der Waals surface area contributed by atoms with Crippen molar-refractivity contribution in [3.8, 4) is 0 Å². The van der Waals surface area contributed by atoms with E-state index in [4.69, 9.17) is 9.15 Å². The van der Waals surface area contributed by atoms with E-state index in [0.29, 0.717) is 6.61 Å². The third-order valence-corrected chi connectivity index (χ3v) is 1.44. The molecule has 0 saturated carbocycles. The molecule has 2 heteroatoms. The molecule has 0 aliphatic carbocycles. The molecule has 0 N–H and O–H groups in total. The molecule has 0 aliphatic rings. The lowest BCUT2D eigenvalue weighted by molar-refractivity contribution is -0.0226. The second kappa shape index (κ2) is 3.31. The molecule has 0 amide bonds. The highest BCUT2D eigenvalue weighted by atomic mass is 16.5. The Morgan fingerprint density at radius 1 is 1.33 bits per heavy atom. The van der Waals surface area contributed by atoms with Crippen LogP contribution in [0.1, 0.15) is 32.3 Å². The van der Waals surface area contributed by atoms with Crippen molar-refractivity contribution in [1.82, 2.24) is 0 Å². The summed E-state index contributed by atoms with van der Waals surface area (Å²) in [6.07, 6.45) is 0. The van der Waals surface area contributed by atoms with Crippen LogP contribution in [0.25, 0.3) is 0 Å². The van der Waals surface area contributed by atoms with Gasteiger partial charge in [-0.1, -0.05) is 0 Å². The molecule has 68 valence electrons. The third-order valence-electron chi connectivity index (χ3n) is 1.44. The summed E-state index contributed by atoms with van der Waals surface area (Å²) in [5.74, 6) is 1.82. The fraction of sp³-hybridized carbons (Fsp3) is 0.600. The highest BCUT2D eigenvalue weighted by Gasteiger charge is 2.10. The Balaban J connectivity index is 2.44. The van der Waals surface area contributed by atoms with Crippen LogP contribution >= 0.6 is 0 Å². The number of rotatable bonds is 2. The minimum Gasteiger partial charge on any atom is -0.464 e. The Morgan fingerprint density at radius 2 is 2.00 bits per heavy atom. The van der Waals surface area contributed by atoms with E-state index in [0.717, 1.165) is 11.5 Å². The maximum atomic E-state index is 5.53. The molecule has 2 nitrogen and oxygen atoms in total. The summed E-state index contributed by atoms with van der Waals surface area (Å²) in [4.78, 5) is 0. The number of hydrogen-bond donors (Lipinski definition) is 0. The van der Waals surface area contributed by atoms with E-state index in [-0.39, 0.29) is 5.60 Å². The molecular weight excluding hydrogens is 152 g/mol. The molecular formula is C10H16O2. The smallest absolute Gasteiger partial charge is 0.129 e. The molecule has 0 fully saturated rings. The van der Waals surface area contributed by atoms with Crippen LogP contribution in [0.5, 0.6) is 0 Å². The van der Waals surface area contributed by atoms with E-state index >= 15 is 0 Å². The van der Waals surface area contributed by atoms with Crippen molar-refractivity contribution < 1.29 is 9.15 Å². The van der Waals surface area contributed by atoms with Gasteiger partial charge in [0.15, 0.2) is 0 Å². The van der Waals surface area contributed by atoms with E-state index < -0.39 is 0 Å². The van der Waals surface area contributed by atoms with Gasteiger partial charge in [0.1, 0.15) is 18.1 Å². The number of hydrogen-bond acceptors (Lipinski definition) is 2. The Labute approximate surface area is 73.5 Å². The van der Waals surface area contributed by atoms with Crippen LogP contribution in [0, 0.1) is 6.92 Å². The standard InChI is InChI=1S/C10H16O2/c1-8-5-6-9(12-8)7-11-10(2,3)4/h5-6H,7H2,1-4H3. The molecule has 0 spiro atoms. The van der Waals surface area contributed by atoms with Crippen molar-refractivity contribution >= 4 is 0 Å². The van der Waals surface area contributed by atoms with E-state index in [1.54, 1.807) is 0 Å². The van der Waals surface area contributed by atoms with Gasteiger partial charge in [0, 0.05) is 0 Å². The van der Waals surface area contributed by atoms with Crippen LogP contribution in [0.4, 0.5) is 0 Å². The lowest BCUT2D eigenvalue weighted by Gasteiger charge is -2.18. The summed E-state index contributed by atoms with van der Waals surface area (Å²) in [6, 6.07) is 3.89. The van der Waals surface area contributed by atoms with Gasteiger partial charge in [0.25, 0.3) is 0 Å². The first-order valence-corrected chi connectivity index (χ1v) is 4.17.